The van der Waals surface area contributed by atoms with Gasteiger partial charge in [0.15, 0.2) is 0 Å². The van der Waals surface area contributed by atoms with Crippen LogP contribution in [0.3, 0.4) is 0 Å². The van der Waals surface area contributed by atoms with Gasteiger partial charge in [-0.15, -0.1) is 0 Å². The van der Waals surface area contributed by atoms with Crippen LogP contribution in [0.15, 0.2) is 6.20 Å². The molecular formula is C8H7F2N3O3. The number of carbonyl (C=O) groups excluding carboxylic acids is 1. The maximum absolute atomic E-state index is 12.4. The molecule has 0 saturated carbocycles. The molecule has 1 heterocycles. The molecule has 1 aromatic rings. The van der Waals surface area contributed by atoms with Crippen LogP contribution in [0.1, 0.15) is 27.9 Å². The first-order chi connectivity index (χ1) is 7.36. The molecule has 0 spiro atoms. The van der Waals surface area contributed by atoms with Gasteiger partial charge >= 0.3 is 5.82 Å². The normalized spacial score (nSPS) is 10.5. The zero-order valence-electron chi connectivity index (χ0n) is 8.11. The molecule has 0 fully saturated rings. The Morgan fingerprint density at radius 2 is 2.19 bits per heavy atom. The minimum Gasteiger partial charge on any atom is -0.365 e. The van der Waals surface area contributed by atoms with Crippen LogP contribution in [0, 0.1) is 17.0 Å². The highest BCUT2D eigenvalue weighted by Crippen LogP contribution is 2.28. The van der Waals surface area contributed by atoms with Crippen molar-refractivity contribution in [2.24, 2.45) is 5.73 Å². The van der Waals surface area contributed by atoms with Gasteiger partial charge in [-0.3, -0.25) is 4.79 Å². The predicted molar refractivity (Wildman–Crippen MR) is 49.1 cm³/mol. The molecule has 1 aromatic heterocycles. The molecular weight excluding hydrogens is 224 g/mol. The molecule has 0 aliphatic rings. The van der Waals surface area contributed by atoms with Crippen molar-refractivity contribution in [3.05, 3.63) is 33.0 Å². The number of nitro groups is 1. The fourth-order valence-electron chi connectivity index (χ4n) is 1.26. The van der Waals surface area contributed by atoms with Crippen molar-refractivity contribution in [2.75, 3.05) is 0 Å². The first kappa shape index (κ1) is 12.0. The number of hydrogen-bond donors (Lipinski definition) is 1. The molecule has 6 nitrogen and oxygen atoms in total. The minimum atomic E-state index is -2.87. The lowest BCUT2D eigenvalue weighted by Crippen LogP contribution is -2.17. The van der Waals surface area contributed by atoms with Crippen molar-refractivity contribution in [2.45, 2.75) is 13.3 Å². The Hall–Kier alpha value is -2.12. The lowest BCUT2D eigenvalue weighted by atomic mass is 10.0. The van der Waals surface area contributed by atoms with E-state index in [0.29, 0.717) is 6.20 Å². The molecule has 0 saturated heterocycles. The van der Waals surface area contributed by atoms with Gasteiger partial charge in [-0.05, 0) is 22.4 Å². The molecule has 0 unspecified atom stereocenters. The molecule has 0 atom stereocenters. The van der Waals surface area contributed by atoms with Crippen molar-refractivity contribution < 1.29 is 18.5 Å². The Kier molecular flexibility index (Phi) is 3.11. The number of primary amides is 1. The minimum absolute atomic E-state index is 0.218. The first-order valence-corrected chi connectivity index (χ1v) is 4.08. The van der Waals surface area contributed by atoms with Crippen molar-refractivity contribution in [1.29, 1.82) is 0 Å². The van der Waals surface area contributed by atoms with Crippen molar-refractivity contribution >= 4 is 11.7 Å². The Morgan fingerprint density at radius 1 is 1.62 bits per heavy atom. The summed E-state index contributed by atoms with van der Waals surface area (Å²) < 4.78 is 24.9. The molecule has 1 rings (SSSR count). The van der Waals surface area contributed by atoms with Gasteiger partial charge in [0.2, 0.25) is 0 Å². The second-order valence-electron chi connectivity index (χ2n) is 2.96. The Balaban J connectivity index is 3.54. The summed E-state index contributed by atoms with van der Waals surface area (Å²) in [5.41, 5.74) is 3.55. The summed E-state index contributed by atoms with van der Waals surface area (Å²) >= 11 is 0. The highest BCUT2D eigenvalue weighted by molar-refractivity contribution is 5.97. The van der Waals surface area contributed by atoms with Crippen molar-refractivity contribution in [3.63, 3.8) is 0 Å². The topological polar surface area (TPSA) is 99.1 Å². The highest BCUT2D eigenvalue weighted by Gasteiger charge is 2.27. The number of halogens is 2. The molecule has 86 valence electrons. The summed E-state index contributed by atoms with van der Waals surface area (Å²) in [5.74, 6) is -1.96. The molecule has 0 aliphatic heterocycles. The van der Waals surface area contributed by atoms with Crippen LogP contribution in [0.4, 0.5) is 14.6 Å². The maximum atomic E-state index is 12.4. The number of amides is 1. The molecule has 1 amide bonds. The molecule has 0 aromatic carbocycles. The van der Waals surface area contributed by atoms with E-state index in [4.69, 9.17) is 5.73 Å². The zero-order valence-corrected chi connectivity index (χ0v) is 8.11. The summed E-state index contributed by atoms with van der Waals surface area (Å²) in [6.45, 7) is 1.16. The van der Waals surface area contributed by atoms with Crippen LogP contribution in [-0.2, 0) is 0 Å². The lowest BCUT2D eigenvalue weighted by molar-refractivity contribution is -0.389. The summed E-state index contributed by atoms with van der Waals surface area (Å²) in [5, 5.41) is 10.5. The second kappa shape index (κ2) is 4.17. The van der Waals surface area contributed by atoms with Crippen LogP contribution >= 0.6 is 0 Å². The van der Waals surface area contributed by atoms with Crippen LogP contribution in [-0.4, -0.2) is 15.8 Å². The third-order valence-electron chi connectivity index (χ3n) is 2.01. The Morgan fingerprint density at radius 3 is 2.56 bits per heavy atom. The molecule has 8 heteroatoms. The first-order valence-electron chi connectivity index (χ1n) is 4.08. The standard InChI is InChI=1S/C8H7F2N3O3/c1-3-4(6(9)10)2-12-8(13(15)16)5(3)7(11)14/h2,6H,1H3,(H2,11,14). The van der Waals surface area contributed by atoms with E-state index < -0.39 is 34.2 Å². The van der Waals surface area contributed by atoms with Gasteiger partial charge in [-0.2, -0.15) is 0 Å². The fraction of sp³-hybridized carbons (Fsp3) is 0.250. The van der Waals surface area contributed by atoms with E-state index in [1.807, 2.05) is 0 Å². The van der Waals surface area contributed by atoms with Gasteiger partial charge in [0.05, 0.1) is 5.56 Å². The van der Waals surface area contributed by atoms with E-state index in [-0.39, 0.29) is 5.56 Å². The SMILES string of the molecule is Cc1c(C(F)F)cnc([N+](=O)[O-])c1C(N)=O. The predicted octanol–water partition coefficient (Wildman–Crippen LogP) is 1.33. The van der Waals surface area contributed by atoms with Crippen LogP contribution in [0.5, 0.6) is 0 Å². The third-order valence-corrected chi connectivity index (χ3v) is 2.01. The molecule has 0 bridgehead atoms. The largest absolute Gasteiger partial charge is 0.376 e. The molecule has 0 aliphatic carbocycles. The third kappa shape index (κ3) is 1.95. The van der Waals surface area contributed by atoms with Gasteiger partial charge in [-0.1, -0.05) is 0 Å². The molecule has 0 radical (unpaired) electrons. The van der Waals surface area contributed by atoms with Crippen LogP contribution in [0.25, 0.3) is 0 Å². The van der Waals surface area contributed by atoms with Crippen LogP contribution < -0.4 is 5.73 Å². The average Bonchev–Trinajstić information content (AvgIpc) is 2.15. The number of rotatable bonds is 3. The fourth-order valence-corrected chi connectivity index (χ4v) is 1.26. The summed E-state index contributed by atoms with van der Waals surface area (Å²) in [6.07, 6.45) is -2.20. The van der Waals surface area contributed by atoms with E-state index in [9.17, 15) is 23.7 Å². The number of pyridine rings is 1. The van der Waals surface area contributed by atoms with Crippen molar-refractivity contribution in [1.82, 2.24) is 4.98 Å². The highest BCUT2D eigenvalue weighted by atomic mass is 19.3. The summed E-state index contributed by atoms with van der Waals surface area (Å²) in [4.78, 5) is 23.7. The van der Waals surface area contributed by atoms with Crippen molar-refractivity contribution in [3.8, 4) is 0 Å². The lowest BCUT2D eigenvalue weighted by Gasteiger charge is -2.06. The van der Waals surface area contributed by atoms with E-state index in [2.05, 4.69) is 4.98 Å². The zero-order chi connectivity index (χ0) is 12.5. The number of nitrogens with two attached hydrogens (primary N) is 1. The molecule has 16 heavy (non-hydrogen) atoms. The second-order valence-corrected chi connectivity index (χ2v) is 2.96. The number of alkyl halides is 2. The van der Waals surface area contributed by atoms with E-state index >= 15 is 0 Å². The number of nitrogens with zero attached hydrogens (tertiary/aromatic N) is 2. The van der Waals surface area contributed by atoms with Gasteiger partial charge < -0.3 is 15.8 Å². The maximum Gasteiger partial charge on any atom is 0.376 e. The smallest absolute Gasteiger partial charge is 0.365 e. The summed E-state index contributed by atoms with van der Waals surface area (Å²) in [7, 11) is 0. The summed E-state index contributed by atoms with van der Waals surface area (Å²) in [6, 6.07) is 0. The van der Waals surface area contributed by atoms with Gasteiger partial charge in [0.1, 0.15) is 11.8 Å². The number of aromatic nitrogens is 1. The average molecular weight is 231 g/mol. The Bertz CT molecular complexity index is 462. The van der Waals surface area contributed by atoms with Gasteiger partial charge in [0.25, 0.3) is 12.3 Å². The number of carbonyl (C=O) groups is 1. The molecule has 2 N–H and O–H groups in total. The van der Waals surface area contributed by atoms with E-state index in [1.54, 1.807) is 0 Å². The Labute approximate surface area is 88.2 Å². The number of hydrogen-bond acceptors (Lipinski definition) is 4. The van der Waals surface area contributed by atoms with E-state index in [0.717, 1.165) is 6.92 Å². The van der Waals surface area contributed by atoms with Gasteiger partial charge in [-0.25, -0.2) is 8.78 Å². The van der Waals surface area contributed by atoms with Gasteiger partial charge in [0, 0.05) is 0 Å². The van der Waals surface area contributed by atoms with Crippen LogP contribution in [0.2, 0.25) is 0 Å². The van der Waals surface area contributed by atoms with E-state index in [1.165, 1.54) is 0 Å². The monoisotopic (exact) mass is 231 g/mol. The quantitative estimate of drug-likeness (QED) is 0.626.